The molecule has 0 spiro atoms. The van der Waals surface area contributed by atoms with Gasteiger partial charge in [-0.25, -0.2) is 0 Å². The number of rotatable bonds is 2. The van der Waals surface area contributed by atoms with Crippen LogP contribution in [0.15, 0.2) is 24.3 Å². The van der Waals surface area contributed by atoms with Crippen LogP contribution < -0.4 is 0 Å². The van der Waals surface area contributed by atoms with Gasteiger partial charge in [-0.05, 0) is 17.5 Å². The van der Waals surface area contributed by atoms with E-state index < -0.39 is 23.8 Å². The van der Waals surface area contributed by atoms with Crippen molar-refractivity contribution in [1.29, 1.82) is 0 Å². The Balaban J connectivity index is 2.05. The number of fused-ring (bicyclic) bond motifs is 4. The Bertz CT molecular complexity index is 463. The minimum atomic E-state index is -0.877. The summed E-state index contributed by atoms with van der Waals surface area (Å²) < 4.78 is 0. The molecule has 0 bridgehead atoms. The second kappa shape index (κ2) is 3.32. The second-order valence-corrected chi connectivity index (χ2v) is 4.81. The van der Waals surface area contributed by atoms with Gasteiger partial charge in [0.1, 0.15) is 0 Å². The first-order chi connectivity index (χ1) is 8.11. The third-order valence-electron chi connectivity index (χ3n) is 4.11. The van der Waals surface area contributed by atoms with Crippen molar-refractivity contribution in [3.8, 4) is 0 Å². The molecule has 0 aromatic heterocycles. The molecule has 4 atom stereocenters. The minimum absolute atomic E-state index is 0.107. The van der Waals surface area contributed by atoms with Gasteiger partial charge in [0.15, 0.2) is 0 Å². The zero-order chi connectivity index (χ0) is 12.2. The van der Waals surface area contributed by atoms with Crippen LogP contribution in [-0.4, -0.2) is 22.2 Å². The van der Waals surface area contributed by atoms with Crippen LogP contribution >= 0.6 is 0 Å². The van der Waals surface area contributed by atoms with Crippen molar-refractivity contribution < 1.29 is 19.8 Å². The molecule has 0 heterocycles. The van der Waals surface area contributed by atoms with E-state index in [9.17, 15) is 9.59 Å². The Kier molecular flexibility index (Phi) is 2.02. The summed E-state index contributed by atoms with van der Waals surface area (Å²) in [5.74, 6) is -3.06. The fourth-order valence-electron chi connectivity index (χ4n) is 3.42. The lowest BCUT2D eigenvalue weighted by Gasteiger charge is -2.37. The Morgan fingerprint density at radius 1 is 0.941 bits per heavy atom. The predicted molar refractivity (Wildman–Crippen MR) is 58.8 cm³/mol. The molecule has 4 heteroatoms. The van der Waals surface area contributed by atoms with Crippen molar-refractivity contribution in [3.63, 3.8) is 0 Å². The van der Waals surface area contributed by atoms with E-state index in [0.717, 1.165) is 11.1 Å². The molecule has 0 amide bonds. The van der Waals surface area contributed by atoms with Gasteiger partial charge in [0.25, 0.3) is 0 Å². The number of benzene rings is 1. The normalized spacial score (nSPS) is 33.4. The van der Waals surface area contributed by atoms with E-state index in [2.05, 4.69) is 0 Å². The molecule has 1 saturated carbocycles. The van der Waals surface area contributed by atoms with E-state index in [1.54, 1.807) is 0 Å². The highest BCUT2D eigenvalue weighted by Crippen LogP contribution is 2.61. The van der Waals surface area contributed by atoms with E-state index in [-0.39, 0.29) is 18.3 Å². The molecule has 2 N–H and O–H groups in total. The quantitative estimate of drug-likeness (QED) is 0.813. The number of carboxylic acids is 2. The minimum Gasteiger partial charge on any atom is -0.481 e. The van der Waals surface area contributed by atoms with Crippen LogP contribution in [0.3, 0.4) is 0 Å². The number of hydrogen-bond donors (Lipinski definition) is 2. The van der Waals surface area contributed by atoms with E-state index >= 15 is 0 Å². The fourth-order valence-corrected chi connectivity index (χ4v) is 3.42. The summed E-state index contributed by atoms with van der Waals surface area (Å²) in [7, 11) is 0. The third kappa shape index (κ3) is 1.24. The summed E-state index contributed by atoms with van der Waals surface area (Å²) in [6.07, 6.45) is 0.245. The summed E-state index contributed by atoms with van der Waals surface area (Å²) in [5.41, 5.74) is 2.04. The van der Waals surface area contributed by atoms with Gasteiger partial charge in [0.05, 0.1) is 11.8 Å². The lowest BCUT2D eigenvalue weighted by molar-refractivity contribution is -0.143. The molecule has 4 nitrogen and oxygen atoms in total. The highest BCUT2D eigenvalue weighted by molar-refractivity contribution is 5.80. The summed E-state index contributed by atoms with van der Waals surface area (Å²) in [4.78, 5) is 22.4. The van der Waals surface area contributed by atoms with Gasteiger partial charge in [-0.1, -0.05) is 24.3 Å². The van der Waals surface area contributed by atoms with Crippen molar-refractivity contribution in [2.75, 3.05) is 0 Å². The van der Waals surface area contributed by atoms with Crippen LogP contribution in [0.25, 0.3) is 0 Å². The predicted octanol–water partition coefficient (Wildman–Crippen LogP) is 1.67. The zero-order valence-electron chi connectivity index (χ0n) is 9.04. The molecule has 17 heavy (non-hydrogen) atoms. The summed E-state index contributed by atoms with van der Waals surface area (Å²) in [5, 5.41) is 18.3. The number of carbonyl (C=O) groups is 2. The molecule has 88 valence electrons. The maximum atomic E-state index is 11.2. The van der Waals surface area contributed by atoms with Crippen molar-refractivity contribution in [1.82, 2.24) is 0 Å². The molecular formula is C13H12O4. The van der Waals surface area contributed by atoms with E-state index in [1.165, 1.54) is 0 Å². The maximum Gasteiger partial charge on any atom is 0.307 e. The molecule has 3 rings (SSSR count). The van der Waals surface area contributed by atoms with Crippen LogP contribution in [0.5, 0.6) is 0 Å². The average molecular weight is 232 g/mol. The van der Waals surface area contributed by atoms with Gasteiger partial charge in [-0.15, -0.1) is 0 Å². The highest BCUT2D eigenvalue weighted by Gasteiger charge is 2.56. The van der Waals surface area contributed by atoms with E-state index in [1.807, 2.05) is 24.3 Å². The summed E-state index contributed by atoms with van der Waals surface area (Å²) >= 11 is 0. The molecular weight excluding hydrogens is 220 g/mol. The first kappa shape index (κ1) is 10.3. The average Bonchev–Trinajstić information content (AvgIpc) is 2.61. The van der Waals surface area contributed by atoms with Gasteiger partial charge < -0.3 is 10.2 Å². The van der Waals surface area contributed by atoms with Crippen LogP contribution in [0.2, 0.25) is 0 Å². The van der Waals surface area contributed by atoms with Crippen molar-refractivity contribution in [2.24, 2.45) is 11.8 Å². The highest BCUT2D eigenvalue weighted by atomic mass is 16.4. The van der Waals surface area contributed by atoms with Gasteiger partial charge in [-0.3, -0.25) is 9.59 Å². The Labute approximate surface area is 97.9 Å². The lowest BCUT2D eigenvalue weighted by Crippen LogP contribution is -2.30. The van der Waals surface area contributed by atoms with Crippen LogP contribution in [0.1, 0.15) is 29.4 Å². The van der Waals surface area contributed by atoms with Gasteiger partial charge >= 0.3 is 11.9 Å². The smallest absolute Gasteiger partial charge is 0.307 e. The van der Waals surface area contributed by atoms with Gasteiger partial charge in [0.2, 0.25) is 0 Å². The van der Waals surface area contributed by atoms with Crippen molar-refractivity contribution >= 4 is 11.9 Å². The fraction of sp³-hybridized carbons (Fsp3) is 0.385. The topological polar surface area (TPSA) is 74.6 Å². The number of aliphatic carboxylic acids is 2. The largest absolute Gasteiger partial charge is 0.481 e. The molecule has 0 saturated heterocycles. The van der Waals surface area contributed by atoms with Crippen LogP contribution in [0.4, 0.5) is 0 Å². The molecule has 2 aliphatic rings. The SMILES string of the molecule is O=C(O)C1CC(C(=O)O)C2c3ccccc3C12. The first-order valence-electron chi connectivity index (χ1n) is 5.65. The Morgan fingerprint density at radius 2 is 1.35 bits per heavy atom. The van der Waals surface area contributed by atoms with Crippen LogP contribution in [0, 0.1) is 11.8 Å². The molecule has 2 aliphatic carbocycles. The molecule has 1 fully saturated rings. The monoisotopic (exact) mass is 232 g/mol. The van der Waals surface area contributed by atoms with Gasteiger partial charge in [-0.2, -0.15) is 0 Å². The molecule has 0 aliphatic heterocycles. The molecule has 0 radical (unpaired) electrons. The third-order valence-corrected chi connectivity index (χ3v) is 4.11. The van der Waals surface area contributed by atoms with E-state index in [0.29, 0.717) is 0 Å². The van der Waals surface area contributed by atoms with Crippen LogP contribution in [-0.2, 0) is 9.59 Å². The summed E-state index contributed by atoms with van der Waals surface area (Å²) in [6.45, 7) is 0. The maximum absolute atomic E-state index is 11.2. The Morgan fingerprint density at radius 3 is 1.71 bits per heavy atom. The molecule has 1 aromatic rings. The van der Waals surface area contributed by atoms with Crippen molar-refractivity contribution in [3.05, 3.63) is 35.4 Å². The Hall–Kier alpha value is -1.84. The molecule has 1 aromatic carbocycles. The van der Waals surface area contributed by atoms with Gasteiger partial charge in [0, 0.05) is 11.8 Å². The lowest BCUT2D eigenvalue weighted by atomic mass is 9.65. The number of carboxylic acid groups (broad SMARTS) is 2. The number of hydrogen-bond acceptors (Lipinski definition) is 2. The second-order valence-electron chi connectivity index (χ2n) is 4.81. The standard InChI is InChI=1S/C13H12O4/c14-12(15)8-5-9(13(16)17)11-7-4-2-1-3-6(7)10(8)11/h1-4,8-11H,5H2,(H,14,15)(H,16,17). The van der Waals surface area contributed by atoms with Crippen molar-refractivity contribution in [2.45, 2.75) is 18.3 Å². The van der Waals surface area contributed by atoms with E-state index in [4.69, 9.17) is 10.2 Å². The zero-order valence-corrected chi connectivity index (χ0v) is 9.04. The first-order valence-corrected chi connectivity index (χ1v) is 5.65. The molecule has 4 unspecified atom stereocenters. The summed E-state index contributed by atoms with van der Waals surface area (Å²) in [6, 6.07) is 7.58.